The molecule has 0 spiro atoms. The van der Waals surface area contributed by atoms with Crippen molar-refractivity contribution in [2.45, 2.75) is 31.5 Å². The molecule has 0 saturated carbocycles. The van der Waals surface area contributed by atoms with Gasteiger partial charge in [-0.25, -0.2) is 0 Å². The summed E-state index contributed by atoms with van der Waals surface area (Å²) in [5, 5.41) is 12.9. The molecule has 0 aliphatic carbocycles. The van der Waals surface area contributed by atoms with Crippen LogP contribution in [0, 0.1) is 0 Å². The number of aromatic nitrogens is 4. The molecule has 2 aromatic heterocycles. The van der Waals surface area contributed by atoms with Crippen LogP contribution >= 0.6 is 23.4 Å². The summed E-state index contributed by atoms with van der Waals surface area (Å²) in [6.45, 7) is 3.52. The minimum Gasteiger partial charge on any atom is -0.486 e. The van der Waals surface area contributed by atoms with Crippen molar-refractivity contribution in [1.29, 1.82) is 0 Å². The lowest BCUT2D eigenvalue weighted by atomic mass is 10.2. The zero-order valence-electron chi connectivity index (χ0n) is 18.4. The van der Waals surface area contributed by atoms with E-state index in [1.54, 1.807) is 22.8 Å². The normalized spacial score (nSPS) is 12.9. The van der Waals surface area contributed by atoms with Gasteiger partial charge in [0.2, 0.25) is 11.7 Å². The third kappa shape index (κ3) is 4.19. The number of ether oxygens (including phenoxy) is 2. The molecule has 0 saturated heterocycles. The maximum Gasteiger partial charge on any atom is 0.262 e. The summed E-state index contributed by atoms with van der Waals surface area (Å²) in [7, 11) is 0. The quantitative estimate of drug-likeness (QED) is 0.383. The van der Waals surface area contributed by atoms with Gasteiger partial charge in [0.15, 0.2) is 16.7 Å². The summed E-state index contributed by atoms with van der Waals surface area (Å²) in [5.41, 5.74) is 1.06. The fourth-order valence-electron chi connectivity index (χ4n) is 3.82. The molecule has 5 rings (SSSR count). The lowest BCUT2D eigenvalue weighted by Gasteiger charge is -2.20. The Morgan fingerprint density at radius 1 is 1.18 bits per heavy atom. The van der Waals surface area contributed by atoms with Crippen LogP contribution in [-0.2, 0) is 11.3 Å². The number of hydrogen-bond acceptors (Lipinski definition) is 7. The Labute approximate surface area is 204 Å². The Balaban J connectivity index is 1.41. The zero-order chi connectivity index (χ0) is 23.7. The highest BCUT2D eigenvalue weighted by Crippen LogP contribution is 2.38. The van der Waals surface area contributed by atoms with Crippen LogP contribution in [0.3, 0.4) is 0 Å². The monoisotopic (exact) mass is 499 g/mol. The van der Waals surface area contributed by atoms with Crippen molar-refractivity contribution in [3.05, 3.63) is 51.8 Å². The van der Waals surface area contributed by atoms with Crippen LogP contribution in [0.25, 0.3) is 16.7 Å². The third-order valence-corrected chi connectivity index (χ3v) is 6.69. The number of aryl methyl sites for hydroxylation is 1. The number of hydrogen-bond donors (Lipinski definition) is 1. The first kappa shape index (κ1) is 22.5. The molecule has 0 atom stereocenters. The van der Waals surface area contributed by atoms with Gasteiger partial charge in [-0.05, 0) is 18.6 Å². The van der Waals surface area contributed by atoms with Gasteiger partial charge in [-0.3, -0.25) is 18.6 Å². The molecule has 1 amide bonds. The highest BCUT2D eigenvalue weighted by Gasteiger charge is 2.19. The molecular formula is C23H22ClN5O4S. The second kappa shape index (κ2) is 9.55. The van der Waals surface area contributed by atoms with Gasteiger partial charge < -0.3 is 14.8 Å². The van der Waals surface area contributed by atoms with E-state index in [-0.39, 0.29) is 17.2 Å². The van der Waals surface area contributed by atoms with E-state index in [4.69, 9.17) is 21.1 Å². The van der Waals surface area contributed by atoms with Gasteiger partial charge in [0.05, 0.1) is 27.4 Å². The smallest absolute Gasteiger partial charge is 0.262 e. The molecule has 1 aliphatic rings. The Hall–Kier alpha value is -3.24. The lowest BCUT2D eigenvalue weighted by molar-refractivity contribution is -0.113. The molecule has 1 N–H and O–H groups in total. The second-order valence-corrected chi connectivity index (χ2v) is 9.11. The van der Waals surface area contributed by atoms with Crippen molar-refractivity contribution in [1.82, 2.24) is 19.2 Å². The molecule has 1 aliphatic heterocycles. The number of unbranched alkanes of at least 4 members (excludes halogenated alkanes) is 1. The molecule has 4 aromatic rings. The summed E-state index contributed by atoms with van der Waals surface area (Å²) in [5.74, 6) is 1.38. The molecule has 11 heteroatoms. The topological polar surface area (TPSA) is 99.8 Å². The fourth-order valence-corrected chi connectivity index (χ4v) is 4.76. The third-order valence-electron chi connectivity index (χ3n) is 5.45. The molecule has 2 aromatic carbocycles. The average Bonchev–Trinajstić information content (AvgIpc) is 3.27. The number of benzene rings is 2. The Kier molecular flexibility index (Phi) is 6.34. The Bertz CT molecular complexity index is 1450. The van der Waals surface area contributed by atoms with Gasteiger partial charge >= 0.3 is 0 Å². The van der Waals surface area contributed by atoms with Crippen LogP contribution in [0.15, 0.2) is 46.3 Å². The number of para-hydroxylation sites is 1. The first-order valence-electron chi connectivity index (χ1n) is 10.9. The van der Waals surface area contributed by atoms with E-state index in [1.807, 2.05) is 22.6 Å². The standard InChI is InChI=1S/C23H22ClN5O4S/c1-2-3-8-28-21(31)14-6-4-5-7-17(14)29-22(28)26-27-23(29)34-13-20(30)25-16-12-19-18(11-15(16)24)32-9-10-33-19/h4-7,11-12H,2-3,8-10,13H2,1H3,(H,25,30). The van der Waals surface area contributed by atoms with Gasteiger partial charge in [0.1, 0.15) is 13.2 Å². The number of fused-ring (bicyclic) bond motifs is 4. The van der Waals surface area contributed by atoms with Crippen molar-refractivity contribution in [3.63, 3.8) is 0 Å². The molecule has 9 nitrogen and oxygen atoms in total. The maximum atomic E-state index is 13.0. The van der Waals surface area contributed by atoms with Gasteiger partial charge in [-0.15, -0.1) is 10.2 Å². The first-order valence-corrected chi connectivity index (χ1v) is 12.3. The largest absolute Gasteiger partial charge is 0.486 e. The molecule has 0 radical (unpaired) electrons. The molecule has 0 unspecified atom stereocenters. The number of halogens is 1. The zero-order valence-corrected chi connectivity index (χ0v) is 20.0. The van der Waals surface area contributed by atoms with Gasteiger partial charge in [0.25, 0.3) is 5.56 Å². The second-order valence-electron chi connectivity index (χ2n) is 7.76. The van der Waals surface area contributed by atoms with E-state index in [9.17, 15) is 9.59 Å². The highest BCUT2D eigenvalue weighted by atomic mass is 35.5. The number of carbonyl (C=O) groups is 1. The van der Waals surface area contributed by atoms with Crippen molar-refractivity contribution >= 4 is 51.6 Å². The number of rotatable bonds is 7. The summed E-state index contributed by atoms with van der Waals surface area (Å²) in [6.07, 6.45) is 1.80. The fraction of sp³-hybridized carbons (Fsp3) is 0.304. The van der Waals surface area contributed by atoms with Crippen LogP contribution in [0.2, 0.25) is 5.02 Å². The van der Waals surface area contributed by atoms with E-state index in [2.05, 4.69) is 22.4 Å². The number of nitrogens with one attached hydrogen (secondary N) is 1. The maximum absolute atomic E-state index is 13.0. The minimum absolute atomic E-state index is 0.0774. The van der Waals surface area contributed by atoms with Crippen LogP contribution in [0.5, 0.6) is 11.5 Å². The van der Waals surface area contributed by atoms with E-state index in [0.717, 1.165) is 12.8 Å². The number of amides is 1. The Morgan fingerprint density at radius 2 is 1.94 bits per heavy atom. The highest BCUT2D eigenvalue weighted by molar-refractivity contribution is 7.99. The van der Waals surface area contributed by atoms with E-state index >= 15 is 0 Å². The lowest BCUT2D eigenvalue weighted by Crippen LogP contribution is -2.23. The minimum atomic E-state index is -0.260. The first-order chi connectivity index (χ1) is 16.6. The predicted octanol–water partition coefficient (Wildman–Crippen LogP) is 4.00. The van der Waals surface area contributed by atoms with E-state index < -0.39 is 0 Å². The number of nitrogens with zero attached hydrogens (tertiary/aromatic N) is 4. The van der Waals surface area contributed by atoms with Crippen molar-refractivity contribution < 1.29 is 14.3 Å². The van der Waals surface area contributed by atoms with Crippen molar-refractivity contribution in [2.24, 2.45) is 0 Å². The summed E-state index contributed by atoms with van der Waals surface area (Å²) in [4.78, 5) is 25.8. The number of carbonyl (C=O) groups excluding carboxylic acids is 1. The van der Waals surface area contributed by atoms with Crippen molar-refractivity contribution in [2.75, 3.05) is 24.3 Å². The van der Waals surface area contributed by atoms with Gasteiger partial charge in [-0.1, -0.05) is 48.8 Å². The molecule has 3 heterocycles. The van der Waals surface area contributed by atoms with Crippen LogP contribution in [-0.4, -0.2) is 44.0 Å². The number of anilines is 1. The summed E-state index contributed by atoms with van der Waals surface area (Å²) in [6, 6.07) is 10.6. The SMILES string of the molecule is CCCCn1c(=O)c2ccccc2n2c(SCC(=O)Nc3cc4c(cc3Cl)OCCO4)nnc12. The molecule has 176 valence electrons. The van der Waals surface area contributed by atoms with E-state index in [1.165, 1.54) is 11.8 Å². The Morgan fingerprint density at radius 3 is 2.74 bits per heavy atom. The molecule has 34 heavy (non-hydrogen) atoms. The average molecular weight is 500 g/mol. The summed E-state index contributed by atoms with van der Waals surface area (Å²) >= 11 is 7.54. The van der Waals surface area contributed by atoms with E-state index in [0.29, 0.717) is 63.8 Å². The summed E-state index contributed by atoms with van der Waals surface area (Å²) < 4.78 is 14.6. The molecular weight excluding hydrogens is 478 g/mol. The number of thioether (sulfide) groups is 1. The molecule has 0 bridgehead atoms. The van der Waals surface area contributed by atoms with Gasteiger partial charge in [-0.2, -0.15) is 0 Å². The van der Waals surface area contributed by atoms with Crippen LogP contribution < -0.4 is 20.3 Å². The van der Waals surface area contributed by atoms with Crippen LogP contribution in [0.4, 0.5) is 5.69 Å². The van der Waals surface area contributed by atoms with Gasteiger partial charge in [0, 0.05) is 18.7 Å². The molecule has 0 fully saturated rings. The van der Waals surface area contributed by atoms with Crippen LogP contribution in [0.1, 0.15) is 19.8 Å². The predicted molar refractivity (Wildman–Crippen MR) is 131 cm³/mol. The van der Waals surface area contributed by atoms with Crippen molar-refractivity contribution in [3.8, 4) is 11.5 Å².